The molecule has 21 heavy (non-hydrogen) atoms. The number of aliphatic carboxylic acids is 1. The second-order valence-corrected chi connectivity index (χ2v) is 5.47. The minimum atomic E-state index is -0.746. The Kier molecular flexibility index (Phi) is 5.09. The van der Waals surface area contributed by atoms with Crippen LogP contribution < -0.4 is 0 Å². The summed E-state index contributed by atoms with van der Waals surface area (Å²) in [4.78, 5) is 10.5. The van der Waals surface area contributed by atoms with Crippen LogP contribution in [0.15, 0.2) is 30.5 Å². The lowest BCUT2D eigenvalue weighted by Crippen LogP contribution is -2.01. The van der Waals surface area contributed by atoms with Crippen LogP contribution in [0.1, 0.15) is 50.3 Å². The number of hydrogen-bond donors (Lipinski definition) is 1. The summed E-state index contributed by atoms with van der Waals surface area (Å²) in [5, 5.41) is 17.0. The Labute approximate surface area is 124 Å². The van der Waals surface area contributed by atoms with Crippen LogP contribution >= 0.6 is 0 Å². The third-order valence-electron chi connectivity index (χ3n) is 3.42. The first kappa shape index (κ1) is 15.2. The Bertz CT molecular complexity index is 605. The summed E-state index contributed by atoms with van der Waals surface area (Å²) in [6.07, 6.45) is 4.39. The molecule has 0 unspecified atom stereocenters. The standard InChI is InChI=1S/C16H21N3O2/c1-12(2)14-8-4-5-9-15(14)19-11-13(17-18-19)7-3-6-10-16(20)21/h4-5,8-9,11-12H,3,6-7,10H2,1-2H3,(H,20,21). The largest absolute Gasteiger partial charge is 0.481 e. The zero-order chi connectivity index (χ0) is 15.2. The summed E-state index contributed by atoms with van der Waals surface area (Å²) in [5.74, 6) is -0.325. The van der Waals surface area contributed by atoms with Gasteiger partial charge in [0.1, 0.15) is 0 Å². The van der Waals surface area contributed by atoms with E-state index in [1.165, 1.54) is 5.56 Å². The van der Waals surface area contributed by atoms with E-state index in [-0.39, 0.29) is 6.42 Å². The van der Waals surface area contributed by atoms with Gasteiger partial charge in [-0.05, 0) is 36.8 Å². The second-order valence-electron chi connectivity index (χ2n) is 5.47. The molecule has 0 bridgehead atoms. The Hall–Kier alpha value is -2.17. The molecule has 2 aromatic rings. The van der Waals surface area contributed by atoms with Crippen molar-refractivity contribution in [3.05, 3.63) is 41.7 Å². The molecule has 112 valence electrons. The molecule has 0 spiro atoms. The fourth-order valence-electron chi connectivity index (χ4n) is 2.30. The van der Waals surface area contributed by atoms with E-state index in [0.717, 1.165) is 24.2 Å². The average Bonchev–Trinajstić information content (AvgIpc) is 2.92. The molecular weight excluding hydrogens is 266 g/mol. The van der Waals surface area contributed by atoms with E-state index in [1.807, 2.05) is 29.1 Å². The third kappa shape index (κ3) is 4.15. The number of carbonyl (C=O) groups is 1. The van der Waals surface area contributed by atoms with Gasteiger partial charge in [0.15, 0.2) is 0 Å². The molecule has 1 heterocycles. The van der Waals surface area contributed by atoms with Crippen LogP contribution in [0.2, 0.25) is 0 Å². The van der Waals surface area contributed by atoms with Gasteiger partial charge >= 0.3 is 5.97 Å². The number of nitrogens with zero attached hydrogens (tertiary/aromatic N) is 3. The Morgan fingerprint density at radius 1 is 1.29 bits per heavy atom. The molecule has 2 rings (SSSR count). The van der Waals surface area contributed by atoms with E-state index in [1.54, 1.807) is 0 Å². The zero-order valence-corrected chi connectivity index (χ0v) is 12.5. The molecule has 0 aliphatic heterocycles. The molecule has 0 atom stereocenters. The van der Waals surface area contributed by atoms with E-state index in [2.05, 4.69) is 30.2 Å². The SMILES string of the molecule is CC(C)c1ccccc1-n1cc(CCCCC(=O)O)nn1. The summed E-state index contributed by atoms with van der Waals surface area (Å²) in [6.45, 7) is 4.31. The molecule has 5 nitrogen and oxygen atoms in total. The summed E-state index contributed by atoms with van der Waals surface area (Å²) in [6, 6.07) is 8.17. The Morgan fingerprint density at radius 3 is 2.76 bits per heavy atom. The highest BCUT2D eigenvalue weighted by molar-refractivity contribution is 5.66. The number of aryl methyl sites for hydroxylation is 1. The van der Waals surface area contributed by atoms with Gasteiger partial charge in [0.05, 0.1) is 17.6 Å². The van der Waals surface area contributed by atoms with E-state index in [9.17, 15) is 4.79 Å². The van der Waals surface area contributed by atoms with Crippen molar-refractivity contribution in [1.29, 1.82) is 0 Å². The summed E-state index contributed by atoms with van der Waals surface area (Å²) in [7, 11) is 0. The predicted octanol–water partition coefficient (Wildman–Crippen LogP) is 3.19. The van der Waals surface area contributed by atoms with Crippen LogP contribution in [0.25, 0.3) is 5.69 Å². The first-order chi connectivity index (χ1) is 10.1. The number of unbranched alkanes of at least 4 members (excludes halogenated alkanes) is 1. The molecule has 1 N–H and O–H groups in total. The van der Waals surface area contributed by atoms with Gasteiger partial charge in [-0.25, -0.2) is 4.68 Å². The normalized spacial score (nSPS) is 11.0. The minimum Gasteiger partial charge on any atom is -0.481 e. The Morgan fingerprint density at radius 2 is 2.05 bits per heavy atom. The highest BCUT2D eigenvalue weighted by atomic mass is 16.4. The van der Waals surface area contributed by atoms with Crippen LogP contribution in [0.5, 0.6) is 0 Å². The van der Waals surface area contributed by atoms with Crippen molar-refractivity contribution in [2.45, 2.75) is 45.4 Å². The number of hydrogen-bond acceptors (Lipinski definition) is 3. The van der Waals surface area contributed by atoms with Crippen molar-refractivity contribution in [2.24, 2.45) is 0 Å². The van der Waals surface area contributed by atoms with Crippen molar-refractivity contribution < 1.29 is 9.90 Å². The number of carboxylic acid groups (broad SMARTS) is 1. The zero-order valence-electron chi connectivity index (χ0n) is 12.5. The highest BCUT2D eigenvalue weighted by Gasteiger charge is 2.10. The maximum absolute atomic E-state index is 10.5. The molecule has 0 aliphatic rings. The molecule has 0 amide bonds. The van der Waals surface area contributed by atoms with Gasteiger partial charge in [0.2, 0.25) is 0 Å². The maximum atomic E-state index is 10.5. The van der Waals surface area contributed by atoms with Crippen molar-refractivity contribution in [2.75, 3.05) is 0 Å². The van der Waals surface area contributed by atoms with Gasteiger partial charge in [-0.2, -0.15) is 0 Å². The van der Waals surface area contributed by atoms with Gasteiger partial charge < -0.3 is 5.11 Å². The lowest BCUT2D eigenvalue weighted by Gasteiger charge is -2.11. The molecule has 0 aliphatic carbocycles. The van der Waals surface area contributed by atoms with Gasteiger partial charge in [0.25, 0.3) is 0 Å². The minimum absolute atomic E-state index is 0.213. The van der Waals surface area contributed by atoms with Gasteiger partial charge in [-0.15, -0.1) is 5.10 Å². The molecule has 0 radical (unpaired) electrons. The summed E-state index contributed by atoms with van der Waals surface area (Å²) >= 11 is 0. The number of benzene rings is 1. The smallest absolute Gasteiger partial charge is 0.303 e. The van der Waals surface area contributed by atoms with Crippen LogP contribution in [0.4, 0.5) is 0 Å². The fourth-order valence-corrected chi connectivity index (χ4v) is 2.30. The molecule has 0 saturated heterocycles. The number of carboxylic acids is 1. The van der Waals surface area contributed by atoms with Crippen LogP contribution in [-0.2, 0) is 11.2 Å². The summed E-state index contributed by atoms with van der Waals surface area (Å²) < 4.78 is 1.81. The molecule has 1 aromatic carbocycles. The van der Waals surface area contributed by atoms with E-state index >= 15 is 0 Å². The molecule has 0 saturated carbocycles. The van der Waals surface area contributed by atoms with E-state index in [4.69, 9.17) is 5.11 Å². The number of rotatable bonds is 7. The van der Waals surface area contributed by atoms with E-state index < -0.39 is 5.97 Å². The lowest BCUT2D eigenvalue weighted by molar-refractivity contribution is -0.137. The van der Waals surface area contributed by atoms with Crippen molar-refractivity contribution >= 4 is 5.97 Å². The maximum Gasteiger partial charge on any atom is 0.303 e. The van der Waals surface area contributed by atoms with Gasteiger partial charge in [-0.1, -0.05) is 37.3 Å². The van der Waals surface area contributed by atoms with Crippen molar-refractivity contribution in [3.8, 4) is 5.69 Å². The van der Waals surface area contributed by atoms with Crippen LogP contribution in [0, 0.1) is 0 Å². The average molecular weight is 287 g/mol. The first-order valence-electron chi connectivity index (χ1n) is 7.30. The monoisotopic (exact) mass is 287 g/mol. The third-order valence-corrected chi connectivity index (χ3v) is 3.42. The topological polar surface area (TPSA) is 68.0 Å². The molecule has 0 fully saturated rings. The molecular formula is C16H21N3O2. The van der Waals surface area contributed by atoms with Crippen molar-refractivity contribution in [3.63, 3.8) is 0 Å². The van der Waals surface area contributed by atoms with Gasteiger partial charge in [0, 0.05) is 6.42 Å². The molecule has 5 heteroatoms. The number of aromatic nitrogens is 3. The van der Waals surface area contributed by atoms with E-state index in [0.29, 0.717) is 12.3 Å². The highest BCUT2D eigenvalue weighted by Crippen LogP contribution is 2.22. The van der Waals surface area contributed by atoms with Crippen molar-refractivity contribution in [1.82, 2.24) is 15.0 Å². The summed E-state index contributed by atoms with van der Waals surface area (Å²) in [5.41, 5.74) is 3.19. The quantitative estimate of drug-likeness (QED) is 0.794. The Balaban J connectivity index is 2.05. The molecule has 1 aromatic heterocycles. The van der Waals surface area contributed by atoms with Crippen LogP contribution in [-0.4, -0.2) is 26.1 Å². The van der Waals surface area contributed by atoms with Gasteiger partial charge in [-0.3, -0.25) is 4.79 Å². The fraction of sp³-hybridized carbons (Fsp3) is 0.438. The lowest BCUT2D eigenvalue weighted by atomic mass is 10.0. The predicted molar refractivity (Wildman–Crippen MR) is 80.6 cm³/mol. The number of para-hydroxylation sites is 1. The first-order valence-corrected chi connectivity index (χ1v) is 7.30. The second kappa shape index (κ2) is 7.02. The van der Waals surface area contributed by atoms with Crippen LogP contribution in [0.3, 0.4) is 0 Å².